The third-order valence-corrected chi connectivity index (χ3v) is 14.4. The lowest BCUT2D eigenvalue weighted by molar-refractivity contribution is 0.253. The number of rotatable bonds is 11. The van der Waals surface area contributed by atoms with Crippen molar-refractivity contribution in [1.29, 1.82) is 0 Å². The monoisotopic (exact) mass is 393 g/mol. The van der Waals surface area contributed by atoms with Gasteiger partial charge in [0.25, 0.3) is 0 Å². The van der Waals surface area contributed by atoms with Crippen LogP contribution in [0, 0.1) is 0 Å². The molecule has 0 bridgehead atoms. The largest absolute Gasteiger partial charge is 0.469 e. The molecule has 0 aromatic carbocycles. The maximum absolute atomic E-state index is 6.63. The van der Waals surface area contributed by atoms with Crippen LogP contribution in [0.2, 0.25) is 65.0 Å². The van der Waals surface area contributed by atoms with E-state index < -0.39 is 33.8 Å². The predicted molar refractivity (Wildman–Crippen MR) is 112 cm³/mol. The smallest absolute Gasteiger partial charge is 0.417 e. The van der Waals surface area contributed by atoms with Gasteiger partial charge in [0.2, 0.25) is 0 Å². The molecule has 8 heteroatoms. The highest BCUT2D eigenvalue weighted by molar-refractivity contribution is 6.90. The molecule has 0 unspecified atom stereocenters. The third-order valence-electron chi connectivity index (χ3n) is 2.45. The molecule has 0 atom stereocenters. The standard InChI is InChI=1S/C15H39NO3Si4/c1-11-13-16-14-12-15-23(17-20(2,3)4,18-21(5,6)7)19-22(8,9)10/h14H,11-13,15H2,1-10H3/b16-14+. The maximum Gasteiger partial charge on any atom is 0.469 e. The van der Waals surface area contributed by atoms with Crippen LogP contribution in [-0.2, 0) is 12.3 Å². The molecule has 0 aromatic heterocycles. The Hall–Kier alpha value is 0.418. The van der Waals surface area contributed by atoms with Crippen molar-refractivity contribution in [2.75, 3.05) is 6.54 Å². The van der Waals surface area contributed by atoms with Gasteiger partial charge in [-0.25, -0.2) is 0 Å². The molecule has 138 valence electrons. The molecule has 0 amide bonds. The van der Waals surface area contributed by atoms with Gasteiger partial charge >= 0.3 is 8.80 Å². The molecule has 0 aliphatic carbocycles. The van der Waals surface area contributed by atoms with E-state index >= 15 is 0 Å². The molecule has 0 radical (unpaired) electrons. The van der Waals surface area contributed by atoms with Gasteiger partial charge in [0, 0.05) is 12.6 Å². The summed E-state index contributed by atoms with van der Waals surface area (Å²) in [6.07, 6.45) is 3.99. The number of hydrogen-bond donors (Lipinski definition) is 0. The van der Waals surface area contributed by atoms with Gasteiger partial charge in [0.15, 0.2) is 25.0 Å². The van der Waals surface area contributed by atoms with Gasteiger partial charge in [-0.05, 0) is 78.0 Å². The van der Waals surface area contributed by atoms with E-state index in [2.05, 4.69) is 70.8 Å². The van der Waals surface area contributed by atoms with Crippen molar-refractivity contribution < 1.29 is 12.3 Å². The Morgan fingerprint density at radius 2 is 1.13 bits per heavy atom. The van der Waals surface area contributed by atoms with Crippen LogP contribution >= 0.6 is 0 Å². The number of aliphatic imine (C=N–C) groups is 1. The quantitative estimate of drug-likeness (QED) is 0.351. The van der Waals surface area contributed by atoms with Crippen LogP contribution < -0.4 is 0 Å². The first-order chi connectivity index (χ1) is 10.2. The molecule has 0 saturated heterocycles. The summed E-state index contributed by atoms with van der Waals surface area (Å²) >= 11 is 0. The van der Waals surface area contributed by atoms with Gasteiger partial charge in [-0.2, -0.15) is 0 Å². The fourth-order valence-electron chi connectivity index (χ4n) is 2.17. The second-order valence-corrected chi connectivity index (χ2v) is 25.9. The summed E-state index contributed by atoms with van der Waals surface area (Å²) < 4.78 is 19.9. The van der Waals surface area contributed by atoms with Crippen LogP contribution in [0.3, 0.4) is 0 Å². The first-order valence-electron chi connectivity index (χ1n) is 8.77. The van der Waals surface area contributed by atoms with Crippen molar-refractivity contribution in [2.24, 2.45) is 4.99 Å². The Kier molecular flexibility index (Phi) is 9.38. The maximum atomic E-state index is 6.63. The number of nitrogens with zero attached hydrogens (tertiary/aromatic N) is 1. The van der Waals surface area contributed by atoms with Gasteiger partial charge < -0.3 is 12.3 Å². The Bertz CT molecular complexity index is 330. The van der Waals surface area contributed by atoms with Crippen LogP contribution in [0.15, 0.2) is 4.99 Å². The van der Waals surface area contributed by atoms with Gasteiger partial charge in [0.1, 0.15) is 0 Å². The second-order valence-electron chi connectivity index (χ2n) is 8.95. The normalized spacial score (nSPS) is 14.7. The summed E-state index contributed by atoms with van der Waals surface area (Å²) in [7, 11) is -7.94. The lowest BCUT2D eigenvalue weighted by atomic mass is 10.5. The zero-order chi connectivity index (χ0) is 18.4. The molecule has 4 nitrogen and oxygen atoms in total. The van der Waals surface area contributed by atoms with E-state index in [4.69, 9.17) is 12.3 Å². The first kappa shape index (κ1) is 23.4. The van der Waals surface area contributed by atoms with E-state index in [0.717, 1.165) is 25.4 Å². The SMILES string of the molecule is CCC/N=C/CC[Si](O[Si](C)(C)C)(O[Si](C)(C)C)O[Si](C)(C)C. The summed E-state index contributed by atoms with van der Waals surface area (Å²) in [5.41, 5.74) is 0. The third kappa shape index (κ3) is 13.4. The molecule has 23 heavy (non-hydrogen) atoms. The Morgan fingerprint density at radius 3 is 1.43 bits per heavy atom. The Labute approximate surface area is 148 Å². The van der Waals surface area contributed by atoms with E-state index in [-0.39, 0.29) is 0 Å². The van der Waals surface area contributed by atoms with Crippen molar-refractivity contribution in [3.05, 3.63) is 0 Å². The minimum Gasteiger partial charge on any atom is -0.417 e. The average Bonchev–Trinajstić information content (AvgIpc) is 2.20. The van der Waals surface area contributed by atoms with Gasteiger partial charge in [-0.1, -0.05) is 6.92 Å². The lowest BCUT2D eigenvalue weighted by Crippen LogP contribution is -2.60. The highest BCUT2D eigenvalue weighted by atomic mass is 28.5. The topological polar surface area (TPSA) is 40.0 Å². The molecule has 0 heterocycles. The summed E-state index contributed by atoms with van der Waals surface area (Å²) in [6, 6.07) is 0.846. The highest BCUT2D eigenvalue weighted by Crippen LogP contribution is 2.29. The summed E-state index contributed by atoms with van der Waals surface area (Å²) in [6.45, 7) is 23.1. The van der Waals surface area contributed by atoms with Crippen LogP contribution in [0.1, 0.15) is 19.8 Å². The van der Waals surface area contributed by atoms with Crippen molar-refractivity contribution in [3.63, 3.8) is 0 Å². The molecule has 0 fully saturated rings. The van der Waals surface area contributed by atoms with Crippen molar-refractivity contribution in [2.45, 2.75) is 84.7 Å². The minimum absolute atomic E-state index is 0.846. The number of hydrogen-bond acceptors (Lipinski definition) is 4. The van der Waals surface area contributed by atoms with Crippen LogP contribution in [0.5, 0.6) is 0 Å². The Balaban J connectivity index is 5.36. The Morgan fingerprint density at radius 1 is 0.739 bits per heavy atom. The van der Waals surface area contributed by atoms with Crippen LogP contribution in [0.4, 0.5) is 0 Å². The second kappa shape index (κ2) is 9.21. The zero-order valence-corrected chi connectivity index (χ0v) is 21.1. The van der Waals surface area contributed by atoms with Crippen molar-refractivity contribution in [3.8, 4) is 0 Å². The molecule has 0 aliphatic heterocycles. The van der Waals surface area contributed by atoms with E-state index in [1.165, 1.54) is 0 Å². The van der Waals surface area contributed by atoms with E-state index in [1.807, 2.05) is 6.21 Å². The molecule has 0 aliphatic rings. The van der Waals surface area contributed by atoms with Crippen LogP contribution in [0.25, 0.3) is 0 Å². The fourth-order valence-corrected chi connectivity index (χ4v) is 16.7. The summed E-state index contributed by atoms with van der Waals surface area (Å²) in [4.78, 5) is 4.45. The van der Waals surface area contributed by atoms with Crippen LogP contribution in [-0.4, -0.2) is 46.5 Å². The first-order valence-corrected chi connectivity index (χ1v) is 20.9. The molecule has 0 spiro atoms. The van der Waals surface area contributed by atoms with Gasteiger partial charge in [-0.15, -0.1) is 0 Å². The highest BCUT2D eigenvalue weighted by Gasteiger charge is 2.49. The fraction of sp³-hybridized carbons (Fsp3) is 0.933. The van der Waals surface area contributed by atoms with Gasteiger partial charge in [-0.3, -0.25) is 4.99 Å². The lowest BCUT2D eigenvalue weighted by Gasteiger charge is -2.42. The summed E-state index contributed by atoms with van der Waals surface area (Å²) in [5, 5.41) is 0. The van der Waals surface area contributed by atoms with Gasteiger partial charge in [0.05, 0.1) is 0 Å². The van der Waals surface area contributed by atoms with E-state index in [0.29, 0.717) is 0 Å². The van der Waals surface area contributed by atoms with Crippen molar-refractivity contribution >= 4 is 40.0 Å². The van der Waals surface area contributed by atoms with E-state index in [1.54, 1.807) is 0 Å². The van der Waals surface area contributed by atoms with E-state index in [9.17, 15) is 0 Å². The molecular formula is C15H39NO3Si4. The zero-order valence-electron chi connectivity index (χ0n) is 17.1. The average molecular weight is 394 g/mol. The molecule has 0 N–H and O–H groups in total. The molecule has 0 aromatic rings. The molecular weight excluding hydrogens is 355 g/mol. The molecule has 0 saturated carbocycles. The molecule has 0 rings (SSSR count). The van der Waals surface area contributed by atoms with Crippen molar-refractivity contribution in [1.82, 2.24) is 0 Å². The summed E-state index contributed by atoms with van der Waals surface area (Å²) in [5.74, 6) is 0. The predicted octanol–water partition coefficient (Wildman–Crippen LogP) is 5.35. The minimum atomic E-state index is -2.67.